The van der Waals surface area contributed by atoms with E-state index < -0.39 is 0 Å². The predicted octanol–water partition coefficient (Wildman–Crippen LogP) is 2.94. The van der Waals surface area contributed by atoms with E-state index in [0.717, 1.165) is 22.5 Å². The molecular formula is C17H17N5. The van der Waals surface area contributed by atoms with Crippen LogP contribution in [0.3, 0.4) is 0 Å². The molecule has 0 unspecified atom stereocenters. The number of guanidine groups is 1. The van der Waals surface area contributed by atoms with Crippen molar-refractivity contribution in [1.29, 1.82) is 0 Å². The van der Waals surface area contributed by atoms with E-state index >= 15 is 0 Å². The number of rotatable bonds is 1. The zero-order chi connectivity index (χ0) is 15.3. The van der Waals surface area contributed by atoms with Crippen LogP contribution in [0.15, 0.2) is 47.5 Å². The monoisotopic (exact) mass is 291 g/mol. The van der Waals surface area contributed by atoms with Crippen LogP contribution in [-0.2, 0) is 0 Å². The van der Waals surface area contributed by atoms with Crippen molar-refractivity contribution in [3.63, 3.8) is 0 Å². The van der Waals surface area contributed by atoms with Crippen LogP contribution in [0.5, 0.6) is 0 Å². The Kier molecular flexibility index (Phi) is 2.69. The van der Waals surface area contributed by atoms with Crippen LogP contribution in [-0.4, -0.2) is 15.5 Å². The average molecular weight is 291 g/mol. The van der Waals surface area contributed by atoms with Crippen molar-refractivity contribution < 1.29 is 0 Å². The number of imidazole rings is 1. The van der Waals surface area contributed by atoms with Crippen molar-refractivity contribution >= 4 is 22.9 Å². The maximum atomic E-state index is 5.96. The summed E-state index contributed by atoms with van der Waals surface area (Å²) in [6.45, 7) is 4.20. The molecule has 0 aliphatic carbocycles. The molecule has 0 radical (unpaired) electrons. The highest BCUT2D eigenvalue weighted by Crippen LogP contribution is 2.33. The molecular weight excluding hydrogens is 274 g/mol. The van der Waals surface area contributed by atoms with E-state index in [2.05, 4.69) is 58.0 Å². The van der Waals surface area contributed by atoms with E-state index in [9.17, 15) is 0 Å². The first-order chi connectivity index (χ1) is 10.6. The summed E-state index contributed by atoms with van der Waals surface area (Å²) >= 11 is 0. The molecule has 2 aromatic carbocycles. The van der Waals surface area contributed by atoms with Gasteiger partial charge in [-0.25, -0.2) is 9.98 Å². The highest BCUT2D eigenvalue weighted by molar-refractivity contribution is 5.94. The smallest absolute Gasteiger partial charge is 0.212 e. The van der Waals surface area contributed by atoms with Gasteiger partial charge in [0.25, 0.3) is 0 Å². The first-order valence-corrected chi connectivity index (χ1v) is 7.28. The fourth-order valence-corrected chi connectivity index (χ4v) is 3.04. The topological polar surface area (TPSA) is 68.2 Å². The lowest BCUT2D eigenvalue weighted by atomic mass is 10.0. The molecule has 1 aromatic heterocycles. The third kappa shape index (κ3) is 1.86. The summed E-state index contributed by atoms with van der Waals surface area (Å²) in [7, 11) is 0. The molecule has 1 atom stereocenters. The quantitative estimate of drug-likeness (QED) is 0.724. The summed E-state index contributed by atoms with van der Waals surface area (Å²) in [5.41, 5.74) is 11.5. The van der Waals surface area contributed by atoms with Crippen LogP contribution < -0.4 is 11.1 Å². The number of anilines is 1. The van der Waals surface area contributed by atoms with Crippen LogP contribution >= 0.6 is 0 Å². The molecule has 0 saturated carbocycles. The highest BCUT2D eigenvalue weighted by atomic mass is 15.4. The van der Waals surface area contributed by atoms with Gasteiger partial charge in [0.05, 0.1) is 11.0 Å². The minimum absolute atomic E-state index is 0.191. The Morgan fingerprint density at radius 2 is 1.95 bits per heavy atom. The number of nitrogens with two attached hydrogens (primary N) is 1. The zero-order valence-corrected chi connectivity index (χ0v) is 12.5. The minimum atomic E-state index is -0.191. The van der Waals surface area contributed by atoms with Crippen molar-refractivity contribution in [1.82, 2.24) is 9.55 Å². The summed E-state index contributed by atoms with van der Waals surface area (Å²) in [6, 6.07) is 14.4. The summed E-state index contributed by atoms with van der Waals surface area (Å²) in [5.74, 6) is 1.13. The first-order valence-electron chi connectivity index (χ1n) is 7.28. The summed E-state index contributed by atoms with van der Waals surface area (Å²) in [6.07, 6.45) is -0.191. The number of aromatic nitrogens is 2. The maximum Gasteiger partial charge on any atom is 0.212 e. The Balaban J connectivity index is 1.98. The fourth-order valence-electron chi connectivity index (χ4n) is 3.04. The Morgan fingerprint density at radius 3 is 2.77 bits per heavy atom. The number of benzene rings is 2. The Hall–Kier alpha value is -2.82. The summed E-state index contributed by atoms with van der Waals surface area (Å²) < 4.78 is 2.10. The Morgan fingerprint density at radius 1 is 1.14 bits per heavy atom. The third-order valence-corrected chi connectivity index (χ3v) is 4.05. The number of hydrogen-bond donors (Lipinski definition) is 2. The van der Waals surface area contributed by atoms with E-state index in [0.29, 0.717) is 5.96 Å². The SMILES string of the molecule is Cc1ccc([C@@H]2N=C(N)Nc3nc4ccccc4n32)c(C)c1. The molecule has 1 aliphatic rings. The summed E-state index contributed by atoms with van der Waals surface area (Å²) in [5, 5.41) is 3.06. The van der Waals surface area contributed by atoms with Crippen molar-refractivity contribution in [2.24, 2.45) is 10.7 Å². The van der Waals surface area contributed by atoms with Gasteiger partial charge >= 0.3 is 0 Å². The third-order valence-electron chi connectivity index (χ3n) is 4.05. The molecule has 2 heterocycles. The van der Waals surface area contributed by atoms with Crippen LogP contribution in [0.1, 0.15) is 22.9 Å². The van der Waals surface area contributed by atoms with E-state index in [1.165, 1.54) is 11.1 Å². The molecule has 1 aliphatic heterocycles. The van der Waals surface area contributed by atoms with E-state index in [1.54, 1.807) is 0 Å². The van der Waals surface area contributed by atoms with Gasteiger partial charge in [-0.3, -0.25) is 9.88 Å². The van der Waals surface area contributed by atoms with Gasteiger partial charge in [-0.2, -0.15) is 0 Å². The molecule has 0 fully saturated rings. The first kappa shape index (κ1) is 12.9. The van der Waals surface area contributed by atoms with Crippen molar-refractivity contribution in [2.45, 2.75) is 20.0 Å². The number of aliphatic imine (C=N–C) groups is 1. The second kappa shape index (κ2) is 4.59. The normalized spacial score (nSPS) is 17.0. The second-order valence-corrected chi connectivity index (χ2v) is 5.67. The Labute approximate surface area is 128 Å². The number of para-hydroxylation sites is 2. The van der Waals surface area contributed by atoms with Gasteiger partial charge in [0.2, 0.25) is 5.95 Å². The second-order valence-electron chi connectivity index (χ2n) is 5.67. The molecule has 4 rings (SSSR count). The van der Waals surface area contributed by atoms with Gasteiger partial charge < -0.3 is 5.73 Å². The number of nitrogens with zero attached hydrogens (tertiary/aromatic N) is 3. The van der Waals surface area contributed by atoms with Crippen LogP contribution in [0.4, 0.5) is 5.95 Å². The van der Waals surface area contributed by atoms with Crippen molar-refractivity contribution in [3.8, 4) is 0 Å². The van der Waals surface area contributed by atoms with Crippen LogP contribution in [0, 0.1) is 13.8 Å². The highest BCUT2D eigenvalue weighted by Gasteiger charge is 2.25. The van der Waals surface area contributed by atoms with Gasteiger partial charge in [0, 0.05) is 0 Å². The number of fused-ring (bicyclic) bond motifs is 3. The number of aryl methyl sites for hydroxylation is 2. The number of nitrogens with one attached hydrogen (secondary N) is 1. The van der Waals surface area contributed by atoms with Crippen LogP contribution in [0.2, 0.25) is 0 Å². The zero-order valence-electron chi connectivity index (χ0n) is 12.5. The van der Waals surface area contributed by atoms with Gasteiger partial charge in [0.15, 0.2) is 12.1 Å². The molecule has 5 nitrogen and oxygen atoms in total. The predicted molar refractivity (Wildman–Crippen MR) is 89.0 cm³/mol. The lowest BCUT2D eigenvalue weighted by molar-refractivity contribution is 0.622. The molecule has 0 saturated heterocycles. The molecule has 0 amide bonds. The molecule has 110 valence electrons. The number of hydrogen-bond acceptors (Lipinski definition) is 4. The van der Waals surface area contributed by atoms with Gasteiger partial charge in [-0.05, 0) is 37.1 Å². The standard InChI is InChI=1S/C17H17N5/c1-10-7-8-12(11(2)9-10)15-20-16(18)21-17-19-13-5-3-4-6-14(13)22(15)17/h3-9,15H,1-2H3,(H3,18,19,20,21)/t15-/m1/s1. The molecule has 0 bridgehead atoms. The molecule has 0 spiro atoms. The van der Waals surface area contributed by atoms with Crippen molar-refractivity contribution in [2.75, 3.05) is 5.32 Å². The average Bonchev–Trinajstić information content (AvgIpc) is 2.84. The molecule has 3 aromatic rings. The van der Waals surface area contributed by atoms with Gasteiger partial charge in [-0.1, -0.05) is 35.9 Å². The van der Waals surface area contributed by atoms with E-state index in [4.69, 9.17) is 5.73 Å². The van der Waals surface area contributed by atoms with E-state index in [-0.39, 0.29) is 6.17 Å². The van der Waals surface area contributed by atoms with Gasteiger partial charge in [0.1, 0.15) is 0 Å². The Bertz CT molecular complexity index is 907. The largest absolute Gasteiger partial charge is 0.370 e. The minimum Gasteiger partial charge on any atom is -0.370 e. The lowest BCUT2D eigenvalue weighted by Crippen LogP contribution is -2.31. The lowest BCUT2D eigenvalue weighted by Gasteiger charge is -2.25. The van der Waals surface area contributed by atoms with Crippen molar-refractivity contribution in [3.05, 3.63) is 59.2 Å². The van der Waals surface area contributed by atoms with Crippen LogP contribution in [0.25, 0.3) is 11.0 Å². The fraction of sp³-hybridized carbons (Fsp3) is 0.176. The van der Waals surface area contributed by atoms with E-state index in [1.807, 2.05) is 18.2 Å². The maximum absolute atomic E-state index is 5.96. The summed E-state index contributed by atoms with van der Waals surface area (Å²) in [4.78, 5) is 9.23. The van der Waals surface area contributed by atoms with Gasteiger partial charge in [-0.15, -0.1) is 0 Å². The molecule has 3 N–H and O–H groups in total. The molecule has 22 heavy (non-hydrogen) atoms. The molecule has 5 heteroatoms.